The number of nitrogens with one attached hydrogen (secondary N) is 1. The third kappa shape index (κ3) is 3.94. The van der Waals surface area contributed by atoms with Crippen LogP contribution in [0, 0.1) is 13.8 Å². The van der Waals surface area contributed by atoms with Crippen LogP contribution in [0.25, 0.3) is 11.3 Å². The van der Waals surface area contributed by atoms with Crippen molar-refractivity contribution >= 4 is 27.6 Å². The van der Waals surface area contributed by atoms with Gasteiger partial charge in [-0.3, -0.25) is 0 Å². The molecule has 0 amide bonds. The molecule has 0 atom stereocenters. The van der Waals surface area contributed by atoms with E-state index >= 15 is 0 Å². The lowest BCUT2D eigenvalue weighted by molar-refractivity contribution is 0.0697. The first-order valence-corrected chi connectivity index (χ1v) is 8.66. The minimum Gasteiger partial charge on any atom is -0.478 e. The van der Waals surface area contributed by atoms with Gasteiger partial charge in [-0.1, -0.05) is 28.1 Å². The molecule has 0 fully saturated rings. The lowest BCUT2D eigenvalue weighted by Crippen LogP contribution is -2.03. The number of carbonyl (C=O) groups is 1. The SMILES string of the molecule is Cc1cc(-c2ccc(CNc3cc(C(=O)O)ccc3C)o2)ccc1Br. The van der Waals surface area contributed by atoms with Crippen molar-refractivity contribution in [2.75, 3.05) is 5.32 Å². The standard InChI is InChI=1S/C20H18BrNO3/c1-12-3-4-15(20(23)24)10-18(12)22-11-16-6-8-19(25-16)14-5-7-17(21)13(2)9-14/h3-10,22H,11H2,1-2H3,(H,23,24). The fraction of sp³-hybridized carbons (Fsp3) is 0.150. The zero-order valence-corrected chi connectivity index (χ0v) is 15.6. The van der Waals surface area contributed by atoms with Gasteiger partial charge in [0.15, 0.2) is 0 Å². The molecule has 4 nitrogen and oxygen atoms in total. The minimum absolute atomic E-state index is 0.263. The van der Waals surface area contributed by atoms with Crippen LogP contribution in [0.4, 0.5) is 5.69 Å². The summed E-state index contributed by atoms with van der Waals surface area (Å²) >= 11 is 3.50. The first-order valence-electron chi connectivity index (χ1n) is 7.87. The van der Waals surface area contributed by atoms with Gasteiger partial charge in [0.1, 0.15) is 11.5 Å². The molecule has 2 N–H and O–H groups in total. The van der Waals surface area contributed by atoms with Crippen LogP contribution in [0.15, 0.2) is 57.4 Å². The molecular formula is C20H18BrNO3. The molecule has 1 aromatic heterocycles. The Bertz CT molecular complexity index is 930. The predicted molar refractivity (Wildman–Crippen MR) is 102 cm³/mol. The minimum atomic E-state index is -0.936. The molecule has 0 radical (unpaired) electrons. The van der Waals surface area contributed by atoms with Gasteiger partial charge in [-0.15, -0.1) is 0 Å². The Morgan fingerprint density at radius 1 is 1.08 bits per heavy atom. The van der Waals surface area contributed by atoms with Crippen LogP contribution >= 0.6 is 15.9 Å². The zero-order valence-electron chi connectivity index (χ0n) is 14.0. The Morgan fingerprint density at radius 2 is 1.88 bits per heavy atom. The molecular weight excluding hydrogens is 382 g/mol. The third-order valence-corrected chi connectivity index (χ3v) is 4.93. The van der Waals surface area contributed by atoms with Gasteiger partial charge in [0.25, 0.3) is 0 Å². The van der Waals surface area contributed by atoms with E-state index in [4.69, 9.17) is 9.52 Å². The largest absolute Gasteiger partial charge is 0.478 e. The lowest BCUT2D eigenvalue weighted by atomic mass is 10.1. The van der Waals surface area contributed by atoms with E-state index in [0.29, 0.717) is 6.54 Å². The van der Waals surface area contributed by atoms with Crippen LogP contribution in [0.3, 0.4) is 0 Å². The van der Waals surface area contributed by atoms with Crippen LogP contribution in [0.5, 0.6) is 0 Å². The van der Waals surface area contributed by atoms with Crippen molar-refractivity contribution in [1.82, 2.24) is 0 Å². The number of carboxylic acid groups (broad SMARTS) is 1. The molecule has 0 bridgehead atoms. The van der Waals surface area contributed by atoms with Crippen molar-refractivity contribution in [3.8, 4) is 11.3 Å². The van der Waals surface area contributed by atoms with Gasteiger partial charge in [0.05, 0.1) is 12.1 Å². The van der Waals surface area contributed by atoms with E-state index in [-0.39, 0.29) is 5.56 Å². The maximum absolute atomic E-state index is 11.1. The van der Waals surface area contributed by atoms with Crippen molar-refractivity contribution in [2.24, 2.45) is 0 Å². The monoisotopic (exact) mass is 399 g/mol. The molecule has 0 aliphatic heterocycles. The maximum Gasteiger partial charge on any atom is 0.335 e. The van der Waals surface area contributed by atoms with Crippen LogP contribution in [0.2, 0.25) is 0 Å². The first-order chi connectivity index (χ1) is 11.9. The number of hydrogen-bond acceptors (Lipinski definition) is 3. The Kier molecular flexibility index (Phi) is 4.95. The van der Waals surface area contributed by atoms with E-state index in [0.717, 1.165) is 38.4 Å². The molecule has 0 saturated carbocycles. The van der Waals surface area contributed by atoms with E-state index in [1.54, 1.807) is 18.2 Å². The molecule has 0 unspecified atom stereocenters. The Hall–Kier alpha value is -2.53. The summed E-state index contributed by atoms with van der Waals surface area (Å²) in [7, 11) is 0. The highest BCUT2D eigenvalue weighted by Gasteiger charge is 2.09. The van der Waals surface area contributed by atoms with Crippen LogP contribution in [-0.2, 0) is 6.54 Å². The first kappa shape index (κ1) is 17.3. The second-order valence-corrected chi connectivity index (χ2v) is 6.77. The fourth-order valence-corrected chi connectivity index (χ4v) is 2.80. The highest BCUT2D eigenvalue weighted by molar-refractivity contribution is 9.10. The number of aromatic carboxylic acids is 1. The molecule has 25 heavy (non-hydrogen) atoms. The van der Waals surface area contributed by atoms with Gasteiger partial charge in [-0.25, -0.2) is 4.79 Å². The number of carboxylic acids is 1. The molecule has 1 heterocycles. The van der Waals surface area contributed by atoms with E-state index in [1.807, 2.05) is 38.1 Å². The molecule has 2 aromatic carbocycles. The Morgan fingerprint density at radius 3 is 2.60 bits per heavy atom. The van der Waals surface area contributed by atoms with Gasteiger partial charge >= 0.3 is 5.97 Å². The average molecular weight is 400 g/mol. The van der Waals surface area contributed by atoms with E-state index in [9.17, 15) is 4.79 Å². The summed E-state index contributed by atoms with van der Waals surface area (Å²) in [6.45, 7) is 4.46. The lowest BCUT2D eigenvalue weighted by Gasteiger charge is -2.09. The second kappa shape index (κ2) is 7.15. The van der Waals surface area contributed by atoms with Crippen LogP contribution in [-0.4, -0.2) is 11.1 Å². The summed E-state index contributed by atoms with van der Waals surface area (Å²) in [5.74, 6) is 0.660. The predicted octanol–water partition coefficient (Wildman–Crippen LogP) is 5.64. The highest BCUT2D eigenvalue weighted by atomic mass is 79.9. The van der Waals surface area contributed by atoms with Crippen molar-refractivity contribution in [2.45, 2.75) is 20.4 Å². The highest BCUT2D eigenvalue weighted by Crippen LogP contribution is 2.27. The van der Waals surface area contributed by atoms with Crippen molar-refractivity contribution < 1.29 is 14.3 Å². The third-order valence-electron chi connectivity index (χ3n) is 4.04. The number of halogens is 1. The Balaban J connectivity index is 1.75. The summed E-state index contributed by atoms with van der Waals surface area (Å²) in [6, 6.07) is 15.0. The number of aryl methyl sites for hydroxylation is 2. The topological polar surface area (TPSA) is 62.5 Å². The Labute approximate surface area is 154 Å². The quantitative estimate of drug-likeness (QED) is 0.582. The normalized spacial score (nSPS) is 10.7. The zero-order chi connectivity index (χ0) is 18.0. The van der Waals surface area contributed by atoms with E-state index < -0.39 is 5.97 Å². The molecule has 128 valence electrons. The number of benzene rings is 2. The van der Waals surface area contributed by atoms with Crippen molar-refractivity contribution in [1.29, 1.82) is 0 Å². The maximum atomic E-state index is 11.1. The fourth-order valence-electron chi connectivity index (χ4n) is 2.55. The number of rotatable bonds is 5. The summed E-state index contributed by atoms with van der Waals surface area (Å²) < 4.78 is 6.98. The van der Waals surface area contributed by atoms with Gasteiger partial charge in [-0.2, -0.15) is 0 Å². The molecule has 3 aromatic rings. The molecule has 5 heteroatoms. The molecule has 0 saturated heterocycles. The van der Waals surface area contributed by atoms with Gasteiger partial charge < -0.3 is 14.8 Å². The van der Waals surface area contributed by atoms with Gasteiger partial charge in [0.2, 0.25) is 0 Å². The molecule has 0 spiro atoms. The van der Waals surface area contributed by atoms with Gasteiger partial charge in [0, 0.05) is 15.7 Å². The van der Waals surface area contributed by atoms with Gasteiger partial charge in [-0.05, 0) is 61.4 Å². The average Bonchev–Trinajstić information content (AvgIpc) is 3.05. The van der Waals surface area contributed by atoms with Crippen LogP contribution < -0.4 is 5.32 Å². The van der Waals surface area contributed by atoms with E-state index in [1.165, 1.54) is 0 Å². The smallest absolute Gasteiger partial charge is 0.335 e. The number of anilines is 1. The molecule has 0 aliphatic carbocycles. The second-order valence-electron chi connectivity index (χ2n) is 5.92. The summed E-state index contributed by atoms with van der Waals surface area (Å²) in [6.07, 6.45) is 0. The van der Waals surface area contributed by atoms with Crippen molar-refractivity contribution in [3.05, 3.63) is 75.5 Å². The summed E-state index contributed by atoms with van der Waals surface area (Å²) in [5, 5.41) is 12.4. The molecule has 0 aliphatic rings. The molecule has 3 rings (SSSR count). The number of furan rings is 1. The van der Waals surface area contributed by atoms with Crippen molar-refractivity contribution in [3.63, 3.8) is 0 Å². The van der Waals surface area contributed by atoms with E-state index in [2.05, 4.69) is 27.3 Å². The summed E-state index contributed by atoms with van der Waals surface area (Å²) in [4.78, 5) is 11.1. The number of hydrogen-bond donors (Lipinski definition) is 2. The van der Waals surface area contributed by atoms with Crippen LogP contribution in [0.1, 0.15) is 27.2 Å². The summed E-state index contributed by atoms with van der Waals surface area (Å²) in [5.41, 5.74) is 4.21.